The molecule has 2 aromatic heterocycles. The Kier molecular flexibility index (Phi) is 5.46. The number of nitro groups is 1. The number of anilines is 1. The zero-order chi connectivity index (χ0) is 20.4. The second-order valence-electron chi connectivity index (χ2n) is 6.44. The molecule has 28 heavy (non-hydrogen) atoms. The van der Waals surface area contributed by atoms with Gasteiger partial charge < -0.3 is 5.32 Å². The van der Waals surface area contributed by atoms with Crippen molar-refractivity contribution in [1.82, 2.24) is 19.6 Å². The summed E-state index contributed by atoms with van der Waals surface area (Å²) in [7, 11) is 0. The number of benzene rings is 1. The Balaban J connectivity index is 1.70. The number of aromatic nitrogens is 4. The lowest BCUT2D eigenvalue weighted by Crippen LogP contribution is -2.25. The predicted octanol–water partition coefficient (Wildman–Crippen LogP) is 3.51. The van der Waals surface area contributed by atoms with Crippen molar-refractivity contribution in [2.45, 2.75) is 33.4 Å². The van der Waals surface area contributed by atoms with Crippen molar-refractivity contribution >= 4 is 28.9 Å². The molecule has 1 aromatic carbocycles. The Labute approximate surface area is 166 Å². The third-order valence-electron chi connectivity index (χ3n) is 4.37. The molecule has 0 aliphatic heterocycles. The fourth-order valence-corrected chi connectivity index (χ4v) is 3.07. The van der Waals surface area contributed by atoms with Crippen LogP contribution in [0.1, 0.15) is 29.9 Å². The molecule has 0 aliphatic carbocycles. The molecular weight excluding hydrogens is 384 g/mol. The minimum absolute atomic E-state index is 0.0737. The van der Waals surface area contributed by atoms with Gasteiger partial charge in [0.05, 0.1) is 23.4 Å². The lowest BCUT2D eigenvalue weighted by atomic mass is 10.2. The number of halogens is 1. The first-order chi connectivity index (χ1) is 13.3. The van der Waals surface area contributed by atoms with E-state index in [0.717, 1.165) is 5.56 Å². The van der Waals surface area contributed by atoms with Gasteiger partial charge in [-0.2, -0.15) is 10.2 Å². The van der Waals surface area contributed by atoms with Gasteiger partial charge >= 0.3 is 5.69 Å². The van der Waals surface area contributed by atoms with Crippen LogP contribution in [0.5, 0.6) is 0 Å². The van der Waals surface area contributed by atoms with Gasteiger partial charge in [0.15, 0.2) is 0 Å². The monoisotopic (exact) mass is 402 g/mol. The average molecular weight is 403 g/mol. The highest BCUT2D eigenvalue weighted by atomic mass is 35.5. The van der Waals surface area contributed by atoms with Crippen molar-refractivity contribution in [3.8, 4) is 0 Å². The molecular formula is C18H19ClN6O3. The number of amides is 1. The van der Waals surface area contributed by atoms with Gasteiger partial charge in [-0.1, -0.05) is 23.7 Å². The van der Waals surface area contributed by atoms with Crippen LogP contribution in [0.4, 0.5) is 11.4 Å². The van der Waals surface area contributed by atoms with Gasteiger partial charge in [-0.15, -0.1) is 0 Å². The zero-order valence-corrected chi connectivity index (χ0v) is 16.3. The smallest absolute Gasteiger partial charge is 0.312 e. The molecule has 9 nitrogen and oxygen atoms in total. The second kappa shape index (κ2) is 7.81. The molecule has 0 aliphatic rings. The summed E-state index contributed by atoms with van der Waals surface area (Å²) in [5.74, 6) is -0.341. The van der Waals surface area contributed by atoms with Crippen LogP contribution in [0.3, 0.4) is 0 Å². The fraction of sp³-hybridized carbons (Fsp3) is 0.278. The highest BCUT2D eigenvalue weighted by molar-refractivity contribution is 6.30. The van der Waals surface area contributed by atoms with E-state index in [1.54, 1.807) is 50.0 Å². The maximum absolute atomic E-state index is 12.6. The van der Waals surface area contributed by atoms with Gasteiger partial charge in [-0.3, -0.25) is 24.3 Å². The van der Waals surface area contributed by atoms with Crippen molar-refractivity contribution in [2.75, 3.05) is 5.32 Å². The summed E-state index contributed by atoms with van der Waals surface area (Å²) in [6.07, 6.45) is 3.26. The lowest BCUT2D eigenvalue weighted by Gasteiger charge is -2.13. The molecule has 1 atom stereocenters. The second-order valence-corrected chi connectivity index (χ2v) is 6.88. The number of hydrogen-bond acceptors (Lipinski definition) is 5. The molecule has 0 fully saturated rings. The van der Waals surface area contributed by atoms with Crippen LogP contribution in [0.15, 0.2) is 36.7 Å². The molecule has 1 N–H and O–H groups in total. The molecule has 146 valence electrons. The summed E-state index contributed by atoms with van der Waals surface area (Å²) in [6, 6.07) is 6.70. The van der Waals surface area contributed by atoms with E-state index in [1.165, 1.54) is 4.68 Å². The third-order valence-corrected chi connectivity index (χ3v) is 4.63. The Morgan fingerprint density at radius 3 is 2.61 bits per heavy atom. The summed E-state index contributed by atoms with van der Waals surface area (Å²) in [4.78, 5) is 23.2. The normalized spacial score (nSPS) is 12.0. The summed E-state index contributed by atoms with van der Waals surface area (Å²) in [5, 5.41) is 23.0. The van der Waals surface area contributed by atoms with E-state index < -0.39 is 11.0 Å². The topological polar surface area (TPSA) is 108 Å². The predicted molar refractivity (Wildman–Crippen MR) is 104 cm³/mol. The number of nitrogens with zero attached hydrogens (tertiary/aromatic N) is 5. The zero-order valence-electron chi connectivity index (χ0n) is 15.6. The summed E-state index contributed by atoms with van der Waals surface area (Å²) < 4.78 is 3.05. The van der Waals surface area contributed by atoms with E-state index in [9.17, 15) is 14.9 Å². The number of nitrogens with one attached hydrogen (secondary N) is 1. The highest BCUT2D eigenvalue weighted by Crippen LogP contribution is 2.25. The van der Waals surface area contributed by atoms with Gasteiger partial charge in [-0.05, 0) is 38.5 Å². The first-order valence-electron chi connectivity index (χ1n) is 8.54. The molecule has 0 radical (unpaired) electrons. The number of carbonyl (C=O) groups is 1. The van der Waals surface area contributed by atoms with Gasteiger partial charge in [0.2, 0.25) is 5.91 Å². The van der Waals surface area contributed by atoms with E-state index in [2.05, 4.69) is 15.5 Å². The maximum Gasteiger partial charge on any atom is 0.312 e. The molecule has 3 rings (SSSR count). The molecule has 0 saturated heterocycles. The number of carbonyl (C=O) groups excluding carboxylic acids is 1. The van der Waals surface area contributed by atoms with Crippen LogP contribution in [0.2, 0.25) is 5.02 Å². The third kappa shape index (κ3) is 4.04. The lowest BCUT2D eigenvalue weighted by molar-refractivity contribution is -0.386. The molecule has 0 bridgehead atoms. The van der Waals surface area contributed by atoms with Gasteiger partial charge in [0.1, 0.15) is 17.4 Å². The number of hydrogen-bond donors (Lipinski definition) is 1. The van der Waals surface area contributed by atoms with E-state index in [1.807, 2.05) is 12.1 Å². The van der Waals surface area contributed by atoms with E-state index in [4.69, 9.17) is 11.6 Å². The quantitative estimate of drug-likeness (QED) is 0.501. The first-order valence-corrected chi connectivity index (χ1v) is 8.92. The molecule has 0 saturated carbocycles. The SMILES string of the molecule is Cc1nn(C(C)C(=O)Nc2cnn(Cc3ccc(Cl)cc3)c2)c(C)c1[N+](=O)[O-]. The van der Waals surface area contributed by atoms with Crippen LogP contribution in [0, 0.1) is 24.0 Å². The minimum Gasteiger partial charge on any atom is -0.322 e. The van der Waals surface area contributed by atoms with Gasteiger partial charge in [0, 0.05) is 11.2 Å². The Morgan fingerprint density at radius 1 is 1.32 bits per heavy atom. The summed E-state index contributed by atoms with van der Waals surface area (Å²) in [6.45, 7) is 5.29. The van der Waals surface area contributed by atoms with Crippen molar-refractivity contribution in [2.24, 2.45) is 0 Å². The highest BCUT2D eigenvalue weighted by Gasteiger charge is 2.27. The van der Waals surface area contributed by atoms with E-state index in [-0.39, 0.29) is 17.3 Å². The Morgan fingerprint density at radius 2 is 2.00 bits per heavy atom. The van der Waals surface area contributed by atoms with Crippen LogP contribution in [-0.2, 0) is 11.3 Å². The number of aryl methyl sites for hydroxylation is 1. The standard InChI is InChI=1S/C18H19ClN6O3/c1-11-17(25(27)28)12(2)24(22-11)13(3)18(26)21-16-8-20-23(10-16)9-14-4-6-15(19)7-5-14/h4-8,10,13H,9H2,1-3H3,(H,21,26). The fourth-order valence-electron chi connectivity index (χ4n) is 2.94. The Bertz CT molecular complexity index is 1020. The van der Waals surface area contributed by atoms with E-state index in [0.29, 0.717) is 22.9 Å². The van der Waals surface area contributed by atoms with Crippen molar-refractivity contribution in [1.29, 1.82) is 0 Å². The van der Waals surface area contributed by atoms with Crippen molar-refractivity contribution in [3.05, 3.63) is 68.7 Å². The van der Waals surface area contributed by atoms with Crippen LogP contribution >= 0.6 is 11.6 Å². The van der Waals surface area contributed by atoms with Crippen LogP contribution in [0.25, 0.3) is 0 Å². The maximum atomic E-state index is 12.6. The van der Waals surface area contributed by atoms with Crippen molar-refractivity contribution in [3.63, 3.8) is 0 Å². The van der Waals surface area contributed by atoms with Crippen LogP contribution in [-0.4, -0.2) is 30.4 Å². The molecule has 2 heterocycles. The van der Waals surface area contributed by atoms with Crippen LogP contribution < -0.4 is 5.32 Å². The number of rotatable bonds is 6. The Hall–Kier alpha value is -3.20. The molecule has 1 amide bonds. The molecule has 1 unspecified atom stereocenters. The van der Waals surface area contributed by atoms with E-state index >= 15 is 0 Å². The summed E-state index contributed by atoms with van der Waals surface area (Å²) >= 11 is 5.88. The van der Waals surface area contributed by atoms with Gasteiger partial charge in [0.25, 0.3) is 0 Å². The van der Waals surface area contributed by atoms with Crippen molar-refractivity contribution < 1.29 is 9.72 Å². The van der Waals surface area contributed by atoms with Gasteiger partial charge in [-0.25, -0.2) is 0 Å². The molecule has 3 aromatic rings. The molecule has 10 heteroatoms. The molecule has 0 spiro atoms. The minimum atomic E-state index is -0.716. The summed E-state index contributed by atoms with van der Waals surface area (Å²) in [5.41, 5.74) is 2.09. The largest absolute Gasteiger partial charge is 0.322 e. The first kappa shape index (κ1) is 19.6. The average Bonchev–Trinajstić information content (AvgIpc) is 3.19.